The number of urea groups is 1. The monoisotopic (exact) mass is 398 g/mol. The first-order valence-corrected chi connectivity index (χ1v) is 8.47. The van der Waals surface area contributed by atoms with Crippen LogP contribution in [0.1, 0.15) is 30.1 Å². The average molecular weight is 399 g/mol. The molecule has 8 heteroatoms. The Labute approximate surface area is 148 Å². The molecule has 1 aliphatic rings. The van der Waals surface area contributed by atoms with Gasteiger partial charge in [0.1, 0.15) is 0 Å². The van der Waals surface area contributed by atoms with E-state index in [-0.39, 0.29) is 29.2 Å². The van der Waals surface area contributed by atoms with Crippen molar-refractivity contribution in [2.75, 3.05) is 25.0 Å². The third kappa shape index (κ3) is 4.47. The Morgan fingerprint density at radius 3 is 2.58 bits per heavy atom. The molecule has 1 heterocycles. The number of hydrogen-bond acceptors (Lipinski definition) is 4. The van der Waals surface area contributed by atoms with E-state index in [0.717, 1.165) is 0 Å². The number of ether oxygens (including phenoxy) is 1. The maximum atomic E-state index is 12.3. The number of carbonyl (C=O) groups is 3. The van der Waals surface area contributed by atoms with Gasteiger partial charge in [0.2, 0.25) is 0 Å². The van der Waals surface area contributed by atoms with Gasteiger partial charge in [0, 0.05) is 17.6 Å². The molecule has 1 fully saturated rings. The van der Waals surface area contributed by atoms with Crippen LogP contribution in [-0.4, -0.2) is 47.7 Å². The lowest BCUT2D eigenvalue weighted by Crippen LogP contribution is -2.42. The molecule has 0 radical (unpaired) electrons. The molecule has 7 nitrogen and oxygen atoms in total. The minimum atomic E-state index is -1.12. The van der Waals surface area contributed by atoms with Crippen LogP contribution in [0.15, 0.2) is 22.7 Å². The highest BCUT2D eigenvalue weighted by atomic mass is 79.9. The smallest absolute Gasteiger partial charge is 0.337 e. The molecule has 0 bridgehead atoms. The van der Waals surface area contributed by atoms with Crippen molar-refractivity contribution in [1.82, 2.24) is 4.90 Å². The predicted molar refractivity (Wildman–Crippen MR) is 91.1 cm³/mol. The first-order chi connectivity index (χ1) is 11.4. The Hall–Kier alpha value is -2.09. The zero-order chi connectivity index (χ0) is 17.7. The van der Waals surface area contributed by atoms with Crippen LogP contribution in [0.4, 0.5) is 10.5 Å². The maximum absolute atomic E-state index is 12.3. The second-order valence-corrected chi connectivity index (χ2v) is 6.35. The summed E-state index contributed by atoms with van der Waals surface area (Å²) in [5.41, 5.74) is 0.252. The summed E-state index contributed by atoms with van der Waals surface area (Å²) in [5.74, 6) is -1.53. The molecule has 2 amide bonds. The van der Waals surface area contributed by atoms with E-state index in [0.29, 0.717) is 37.0 Å². The van der Waals surface area contributed by atoms with Gasteiger partial charge < -0.3 is 20.1 Å². The zero-order valence-corrected chi connectivity index (χ0v) is 14.8. The van der Waals surface area contributed by atoms with Gasteiger partial charge in [-0.3, -0.25) is 4.79 Å². The largest absolute Gasteiger partial charge is 0.478 e. The molecule has 0 aromatic heterocycles. The SMILES string of the molecule is CCOC(=O)C1CCN(C(=O)Nc2ccc(Br)cc2C(=O)O)CC1. The Bertz CT molecular complexity index is 641. The van der Waals surface area contributed by atoms with Crippen LogP contribution in [0, 0.1) is 5.92 Å². The number of carboxylic acids is 1. The van der Waals surface area contributed by atoms with E-state index in [9.17, 15) is 19.5 Å². The molecule has 0 unspecified atom stereocenters. The van der Waals surface area contributed by atoms with Crippen LogP contribution in [0.3, 0.4) is 0 Å². The number of esters is 1. The lowest BCUT2D eigenvalue weighted by molar-refractivity contribution is -0.149. The molecule has 0 saturated carbocycles. The van der Waals surface area contributed by atoms with Gasteiger partial charge in [0.15, 0.2) is 0 Å². The number of halogens is 1. The standard InChI is InChI=1S/C16H19BrN2O5/c1-2-24-15(22)10-5-7-19(8-6-10)16(23)18-13-4-3-11(17)9-12(13)14(20)21/h3-4,9-10H,2,5-8H2,1H3,(H,18,23)(H,20,21). The normalized spacial score (nSPS) is 15.0. The van der Waals surface area contributed by atoms with E-state index >= 15 is 0 Å². The number of carboxylic acid groups (broad SMARTS) is 1. The highest BCUT2D eigenvalue weighted by Gasteiger charge is 2.28. The molecule has 24 heavy (non-hydrogen) atoms. The summed E-state index contributed by atoms with van der Waals surface area (Å²) in [6, 6.07) is 4.26. The van der Waals surface area contributed by atoms with Crippen LogP contribution in [0.2, 0.25) is 0 Å². The Morgan fingerprint density at radius 2 is 2.00 bits per heavy atom. The fourth-order valence-electron chi connectivity index (χ4n) is 2.58. The predicted octanol–water partition coefficient (Wildman–Crippen LogP) is 2.95. The number of rotatable bonds is 4. The van der Waals surface area contributed by atoms with Crippen LogP contribution in [-0.2, 0) is 9.53 Å². The van der Waals surface area contributed by atoms with Crippen molar-refractivity contribution < 1.29 is 24.2 Å². The molecule has 1 aliphatic heterocycles. The van der Waals surface area contributed by atoms with Gasteiger partial charge in [0.25, 0.3) is 0 Å². The first kappa shape index (κ1) is 18.3. The summed E-state index contributed by atoms with van der Waals surface area (Å²) < 4.78 is 5.62. The van der Waals surface area contributed by atoms with Gasteiger partial charge >= 0.3 is 18.0 Å². The summed E-state index contributed by atoms with van der Waals surface area (Å²) in [6.45, 7) is 2.96. The van der Waals surface area contributed by atoms with Crippen LogP contribution in [0.25, 0.3) is 0 Å². The van der Waals surface area contributed by atoms with Gasteiger partial charge in [0.05, 0.1) is 23.8 Å². The molecular weight excluding hydrogens is 380 g/mol. The summed E-state index contributed by atoms with van der Waals surface area (Å²) in [4.78, 5) is 36.9. The number of carbonyl (C=O) groups excluding carboxylic acids is 2. The van der Waals surface area contributed by atoms with Gasteiger partial charge in [-0.2, -0.15) is 0 Å². The average Bonchev–Trinajstić information content (AvgIpc) is 2.56. The minimum absolute atomic E-state index is 0.0131. The van der Waals surface area contributed by atoms with Crippen LogP contribution in [0.5, 0.6) is 0 Å². The van der Waals surface area contributed by atoms with Crippen molar-refractivity contribution in [3.63, 3.8) is 0 Å². The van der Waals surface area contributed by atoms with E-state index < -0.39 is 5.97 Å². The van der Waals surface area contributed by atoms with Crippen LogP contribution < -0.4 is 5.32 Å². The number of nitrogens with zero attached hydrogens (tertiary/aromatic N) is 1. The minimum Gasteiger partial charge on any atom is -0.478 e. The fourth-order valence-corrected chi connectivity index (χ4v) is 2.94. The highest BCUT2D eigenvalue weighted by molar-refractivity contribution is 9.10. The van der Waals surface area contributed by atoms with Crippen molar-refractivity contribution >= 4 is 39.6 Å². The molecule has 0 atom stereocenters. The molecule has 0 spiro atoms. The van der Waals surface area contributed by atoms with Gasteiger partial charge in [-0.15, -0.1) is 0 Å². The van der Waals surface area contributed by atoms with Crippen LogP contribution >= 0.6 is 15.9 Å². The van der Waals surface area contributed by atoms with Crippen molar-refractivity contribution in [2.24, 2.45) is 5.92 Å². The summed E-state index contributed by atoms with van der Waals surface area (Å²) in [5, 5.41) is 11.8. The van der Waals surface area contributed by atoms with Gasteiger partial charge in [-0.05, 0) is 38.0 Å². The topological polar surface area (TPSA) is 95.9 Å². The lowest BCUT2D eigenvalue weighted by atomic mass is 9.97. The molecule has 1 aromatic carbocycles. The van der Waals surface area contributed by atoms with E-state index in [2.05, 4.69) is 21.2 Å². The number of nitrogens with one attached hydrogen (secondary N) is 1. The number of anilines is 1. The molecule has 130 valence electrons. The van der Waals surface area contributed by atoms with E-state index in [1.165, 1.54) is 12.1 Å². The third-order valence-corrected chi connectivity index (χ3v) is 4.35. The number of likely N-dealkylation sites (tertiary alicyclic amines) is 1. The van der Waals surface area contributed by atoms with Crippen molar-refractivity contribution in [1.29, 1.82) is 0 Å². The van der Waals surface area contributed by atoms with E-state index in [1.807, 2.05) is 0 Å². The Kier molecular flexibility index (Phi) is 6.19. The quantitative estimate of drug-likeness (QED) is 0.759. The summed E-state index contributed by atoms with van der Waals surface area (Å²) in [6.07, 6.45) is 1.08. The Morgan fingerprint density at radius 1 is 1.33 bits per heavy atom. The molecule has 2 rings (SSSR count). The summed E-state index contributed by atoms with van der Waals surface area (Å²) >= 11 is 3.21. The number of piperidine rings is 1. The second kappa shape index (κ2) is 8.14. The molecule has 1 saturated heterocycles. The fraction of sp³-hybridized carbons (Fsp3) is 0.438. The number of benzene rings is 1. The summed E-state index contributed by atoms with van der Waals surface area (Å²) in [7, 11) is 0. The first-order valence-electron chi connectivity index (χ1n) is 7.67. The molecular formula is C16H19BrN2O5. The number of aromatic carboxylic acids is 1. The maximum Gasteiger partial charge on any atom is 0.337 e. The van der Waals surface area contributed by atoms with E-state index in [4.69, 9.17) is 4.74 Å². The third-order valence-electron chi connectivity index (χ3n) is 3.86. The zero-order valence-electron chi connectivity index (χ0n) is 13.3. The van der Waals surface area contributed by atoms with Gasteiger partial charge in [-0.1, -0.05) is 15.9 Å². The molecule has 0 aliphatic carbocycles. The van der Waals surface area contributed by atoms with E-state index in [1.54, 1.807) is 17.9 Å². The van der Waals surface area contributed by atoms with Crippen molar-refractivity contribution in [3.05, 3.63) is 28.2 Å². The van der Waals surface area contributed by atoms with Gasteiger partial charge in [-0.25, -0.2) is 9.59 Å². The molecule has 1 aromatic rings. The number of hydrogen-bond donors (Lipinski definition) is 2. The Balaban J connectivity index is 1.97. The highest BCUT2D eigenvalue weighted by Crippen LogP contribution is 2.23. The van der Waals surface area contributed by atoms with Crippen molar-refractivity contribution in [3.8, 4) is 0 Å². The number of amides is 2. The lowest BCUT2D eigenvalue weighted by Gasteiger charge is -2.31. The molecule has 2 N–H and O–H groups in total. The van der Waals surface area contributed by atoms with Crippen molar-refractivity contribution in [2.45, 2.75) is 19.8 Å². The second-order valence-electron chi connectivity index (χ2n) is 5.44.